The van der Waals surface area contributed by atoms with E-state index < -0.39 is 22.0 Å². The molecule has 0 radical (unpaired) electrons. The molecule has 29 heavy (non-hydrogen) atoms. The number of hydrogen-bond acceptors (Lipinski definition) is 6. The fourth-order valence-corrected chi connectivity index (χ4v) is 4.35. The van der Waals surface area contributed by atoms with Gasteiger partial charge in [-0.15, -0.1) is 0 Å². The summed E-state index contributed by atoms with van der Waals surface area (Å²) in [5, 5.41) is 5.40. The molecule has 1 fully saturated rings. The third-order valence-corrected chi connectivity index (χ3v) is 6.68. The molecule has 9 nitrogen and oxygen atoms in total. The lowest BCUT2D eigenvalue weighted by atomic mass is 10.1. The SMILES string of the molecule is CCC(C)NC(=O)C(C)NC(=O)c1ccc(OC)c(S(=O)(=O)N2CCOCC2)c1. The molecule has 1 aliphatic heterocycles. The van der Waals surface area contributed by atoms with Crippen LogP contribution in [0.2, 0.25) is 0 Å². The fourth-order valence-electron chi connectivity index (χ4n) is 2.76. The summed E-state index contributed by atoms with van der Waals surface area (Å²) in [5.41, 5.74) is 0.126. The lowest BCUT2D eigenvalue weighted by Gasteiger charge is -2.26. The number of rotatable bonds is 8. The smallest absolute Gasteiger partial charge is 0.251 e. The van der Waals surface area contributed by atoms with Gasteiger partial charge in [0.15, 0.2) is 0 Å². The quantitative estimate of drug-likeness (QED) is 0.633. The maximum absolute atomic E-state index is 13.0. The molecule has 2 rings (SSSR count). The van der Waals surface area contributed by atoms with Crippen LogP contribution < -0.4 is 15.4 Å². The Balaban J connectivity index is 2.23. The van der Waals surface area contributed by atoms with Crippen molar-refractivity contribution in [3.63, 3.8) is 0 Å². The van der Waals surface area contributed by atoms with Gasteiger partial charge in [0.1, 0.15) is 16.7 Å². The van der Waals surface area contributed by atoms with Gasteiger partial charge in [0.25, 0.3) is 5.91 Å². The minimum absolute atomic E-state index is 0.00638. The highest BCUT2D eigenvalue weighted by molar-refractivity contribution is 7.89. The molecule has 1 aromatic carbocycles. The molecule has 2 atom stereocenters. The van der Waals surface area contributed by atoms with E-state index in [1.807, 2.05) is 13.8 Å². The molecular weight excluding hydrogens is 398 g/mol. The normalized spacial score (nSPS) is 17.2. The summed E-state index contributed by atoms with van der Waals surface area (Å²) in [6.07, 6.45) is 0.771. The zero-order valence-electron chi connectivity index (χ0n) is 17.2. The first kappa shape index (κ1) is 23.1. The molecule has 2 unspecified atom stereocenters. The van der Waals surface area contributed by atoms with Crippen LogP contribution in [0.3, 0.4) is 0 Å². The Morgan fingerprint density at radius 3 is 2.45 bits per heavy atom. The Morgan fingerprint density at radius 1 is 1.21 bits per heavy atom. The average Bonchev–Trinajstić information content (AvgIpc) is 2.73. The van der Waals surface area contributed by atoms with Crippen LogP contribution in [0.5, 0.6) is 5.75 Å². The molecular formula is C19H29N3O6S. The summed E-state index contributed by atoms with van der Waals surface area (Å²) in [6, 6.07) is 3.40. The number of morpholine rings is 1. The van der Waals surface area contributed by atoms with Gasteiger partial charge in [0, 0.05) is 24.7 Å². The van der Waals surface area contributed by atoms with Gasteiger partial charge in [-0.2, -0.15) is 4.31 Å². The molecule has 0 saturated carbocycles. The Hall–Kier alpha value is -2.17. The number of benzene rings is 1. The van der Waals surface area contributed by atoms with E-state index in [0.717, 1.165) is 6.42 Å². The lowest BCUT2D eigenvalue weighted by molar-refractivity contribution is -0.123. The van der Waals surface area contributed by atoms with Crippen LogP contribution in [0.25, 0.3) is 0 Å². The van der Waals surface area contributed by atoms with E-state index in [0.29, 0.717) is 13.2 Å². The van der Waals surface area contributed by atoms with E-state index in [9.17, 15) is 18.0 Å². The van der Waals surface area contributed by atoms with Gasteiger partial charge in [0.2, 0.25) is 15.9 Å². The summed E-state index contributed by atoms with van der Waals surface area (Å²) < 4.78 is 37.8. The Bertz CT molecular complexity index is 836. The maximum Gasteiger partial charge on any atom is 0.251 e. The second-order valence-electron chi connectivity index (χ2n) is 6.90. The highest BCUT2D eigenvalue weighted by Gasteiger charge is 2.30. The van der Waals surface area contributed by atoms with Gasteiger partial charge >= 0.3 is 0 Å². The van der Waals surface area contributed by atoms with E-state index in [-0.39, 0.29) is 41.2 Å². The first-order chi connectivity index (χ1) is 13.7. The maximum atomic E-state index is 13.0. The van der Waals surface area contributed by atoms with Crippen molar-refractivity contribution < 1.29 is 27.5 Å². The number of carbonyl (C=O) groups excluding carboxylic acids is 2. The second kappa shape index (κ2) is 10.0. The van der Waals surface area contributed by atoms with E-state index >= 15 is 0 Å². The Kier molecular flexibility index (Phi) is 8.00. The molecule has 1 heterocycles. The van der Waals surface area contributed by atoms with Crippen molar-refractivity contribution in [2.24, 2.45) is 0 Å². The van der Waals surface area contributed by atoms with Gasteiger partial charge in [-0.05, 0) is 38.5 Å². The number of hydrogen-bond donors (Lipinski definition) is 2. The van der Waals surface area contributed by atoms with Gasteiger partial charge in [-0.25, -0.2) is 8.42 Å². The minimum atomic E-state index is -3.86. The third-order valence-electron chi connectivity index (χ3n) is 4.76. The predicted octanol–water partition coefficient (Wildman–Crippen LogP) is 0.749. The van der Waals surface area contributed by atoms with Gasteiger partial charge < -0.3 is 20.1 Å². The number of nitrogens with one attached hydrogen (secondary N) is 2. The number of nitrogens with zero attached hydrogens (tertiary/aromatic N) is 1. The molecule has 0 aromatic heterocycles. The van der Waals surface area contributed by atoms with Crippen LogP contribution in [0.15, 0.2) is 23.1 Å². The molecule has 0 spiro atoms. The van der Waals surface area contributed by atoms with Crippen molar-refractivity contribution in [2.45, 2.75) is 44.2 Å². The van der Waals surface area contributed by atoms with Crippen molar-refractivity contribution in [3.05, 3.63) is 23.8 Å². The van der Waals surface area contributed by atoms with Crippen LogP contribution in [0.4, 0.5) is 0 Å². The van der Waals surface area contributed by atoms with Gasteiger partial charge in [-0.3, -0.25) is 9.59 Å². The summed E-state index contributed by atoms with van der Waals surface area (Å²) in [7, 11) is -2.49. The highest BCUT2D eigenvalue weighted by Crippen LogP contribution is 2.28. The third kappa shape index (κ3) is 5.68. The van der Waals surface area contributed by atoms with E-state index in [1.165, 1.54) is 29.6 Å². The monoisotopic (exact) mass is 427 g/mol. The minimum Gasteiger partial charge on any atom is -0.495 e. The molecule has 0 aliphatic carbocycles. The van der Waals surface area contributed by atoms with Crippen LogP contribution in [-0.4, -0.2) is 70.0 Å². The van der Waals surface area contributed by atoms with Crippen LogP contribution >= 0.6 is 0 Å². The van der Waals surface area contributed by atoms with Crippen LogP contribution in [0, 0.1) is 0 Å². The van der Waals surface area contributed by atoms with Crippen molar-refractivity contribution >= 4 is 21.8 Å². The lowest BCUT2D eigenvalue weighted by Crippen LogP contribution is -2.47. The fraction of sp³-hybridized carbons (Fsp3) is 0.579. The molecule has 162 valence electrons. The average molecular weight is 428 g/mol. The largest absolute Gasteiger partial charge is 0.495 e. The van der Waals surface area contributed by atoms with E-state index in [1.54, 1.807) is 6.92 Å². The van der Waals surface area contributed by atoms with E-state index in [2.05, 4.69) is 10.6 Å². The molecule has 1 aromatic rings. The Morgan fingerprint density at radius 2 is 1.86 bits per heavy atom. The van der Waals surface area contributed by atoms with E-state index in [4.69, 9.17) is 9.47 Å². The van der Waals surface area contributed by atoms with Crippen molar-refractivity contribution in [2.75, 3.05) is 33.4 Å². The van der Waals surface area contributed by atoms with Crippen molar-refractivity contribution in [3.8, 4) is 5.75 Å². The van der Waals surface area contributed by atoms with Gasteiger partial charge in [0.05, 0.1) is 20.3 Å². The summed E-state index contributed by atoms with van der Waals surface area (Å²) in [6.45, 7) is 6.48. The molecule has 10 heteroatoms. The zero-order chi connectivity index (χ0) is 21.6. The van der Waals surface area contributed by atoms with Gasteiger partial charge in [-0.1, -0.05) is 6.92 Å². The number of sulfonamides is 1. The topological polar surface area (TPSA) is 114 Å². The highest BCUT2D eigenvalue weighted by atomic mass is 32.2. The van der Waals surface area contributed by atoms with Crippen LogP contribution in [-0.2, 0) is 19.6 Å². The molecule has 2 amide bonds. The summed E-state index contributed by atoms with van der Waals surface area (Å²) >= 11 is 0. The molecule has 1 aliphatic rings. The molecule has 2 N–H and O–H groups in total. The van der Waals surface area contributed by atoms with Crippen molar-refractivity contribution in [1.29, 1.82) is 0 Å². The molecule has 0 bridgehead atoms. The Labute approximate surface area is 171 Å². The molecule has 1 saturated heterocycles. The number of methoxy groups -OCH3 is 1. The number of carbonyl (C=O) groups is 2. The number of amides is 2. The summed E-state index contributed by atoms with van der Waals surface area (Å²) in [5.74, 6) is -0.698. The number of ether oxygens (including phenoxy) is 2. The van der Waals surface area contributed by atoms with Crippen LogP contribution in [0.1, 0.15) is 37.6 Å². The first-order valence-electron chi connectivity index (χ1n) is 9.57. The second-order valence-corrected chi connectivity index (χ2v) is 8.80. The standard InChI is InChI=1S/C19H29N3O6S/c1-5-13(2)20-18(23)14(3)21-19(24)15-6-7-16(27-4)17(12-15)29(25,26)22-8-10-28-11-9-22/h6-7,12-14H,5,8-11H2,1-4H3,(H,20,23)(H,21,24). The zero-order valence-corrected chi connectivity index (χ0v) is 18.0. The van der Waals surface area contributed by atoms with Crippen molar-refractivity contribution in [1.82, 2.24) is 14.9 Å². The predicted molar refractivity (Wildman–Crippen MR) is 107 cm³/mol. The first-order valence-corrected chi connectivity index (χ1v) is 11.0. The summed E-state index contributed by atoms with van der Waals surface area (Å²) in [4.78, 5) is 24.7.